The third-order valence-electron chi connectivity index (χ3n) is 4.51. The summed E-state index contributed by atoms with van der Waals surface area (Å²) in [5.74, 6) is 0.0949. The van der Waals surface area contributed by atoms with Gasteiger partial charge in [-0.05, 0) is 54.8 Å². The fraction of sp³-hybridized carbons (Fsp3) is 0.167. The molecule has 30 heavy (non-hydrogen) atoms. The van der Waals surface area contributed by atoms with Gasteiger partial charge in [-0.3, -0.25) is 9.59 Å². The monoisotopic (exact) mass is 466 g/mol. The zero-order chi connectivity index (χ0) is 21.5. The van der Waals surface area contributed by atoms with Crippen LogP contribution in [0.2, 0.25) is 0 Å². The van der Waals surface area contributed by atoms with Gasteiger partial charge in [0.1, 0.15) is 5.75 Å². The highest BCUT2D eigenvalue weighted by atomic mass is 79.9. The highest BCUT2D eigenvalue weighted by molar-refractivity contribution is 9.10. The Bertz CT molecular complexity index is 1030. The van der Waals surface area contributed by atoms with Gasteiger partial charge in [-0.1, -0.05) is 58.4 Å². The highest BCUT2D eigenvalue weighted by Gasteiger charge is 2.14. The van der Waals surface area contributed by atoms with E-state index in [1.54, 1.807) is 24.3 Å². The van der Waals surface area contributed by atoms with Gasteiger partial charge in [0.15, 0.2) is 6.61 Å². The standard InChI is InChI=1S/C24H23BrN2O3/c1-16-12-19(25)13-17(2)23(16)30-15-22(28)27-21-11-7-6-10-20(21)24(29)26-14-18-8-4-3-5-9-18/h3-13H,14-15H2,1-2H3,(H,26,29)(H,27,28). The van der Waals surface area contributed by atoms with Gasteiger partial charge < -0.3 is 15.4 Å². The average molecular weight is 467 g/mol. The lowest BCUT2D eigenvalue weighted by atomic mass is 10.1. The van der Waals surface area contributed by atoms with E-state index >= 15 is 0 Å². The Kier molecular flexibility index (Phi) is 7.25. The molecule has 3 rings (SSSR count). The summed E-state index contributed by atoms with van der Waals surface area (Å²) in [5, 5.41) is 5.66. The first-order chi connectivity index (χ1) is 14.4. The van der Waals surface area contributed by atoms with E-state index in [0.717, 1.165) is 21.2 Å². The number of rotatable bonds is 7. The quantitative estimate of drug-likeness (QED) is 0.513. The van der Waals surface area contributed by atoms with E-state index in [1.165, 1.54) is 0 Å². The number of ether oxygens (including phenoxy) is 1. The molecule has 0 unspecified atom stereocenters. The van der Waals surface area contributed by atoms with E-state index in [4.69, 9.17) is 4.74 Å². The number of nitrogens with one attached hydrogen (secondary N) is 2. The summed E-state index contributed by atoms with van der Waals surface area (Å²) < 4.78 is 6.69. The number of halogens is 1. The van der Waals surface area contributed by atoms with Crippen LogP contribution < -0.4 is 15.4 Å². The maximum Gasteiger partial charge on any atom is 0.262 e. The summed E-state index contributed by atoms with van der Waals surface area (Å²) in [6.45, 7) is 4.12. The van der Waals surface area contributed by atoms with E-state index in [1.807, 2.05) is 56.3 Å². The van der Waals surface area contributed by atoms with Gasteiger partial charge in [0, 0.05) is 11.0 Å². The molecule has 6 heteroatoms. The van der Waals surface area contributed by atoms with Crippen LogP contribution in [-0.2, 0) is 11.3 Å². The summed E-state index contributed by atoms with van der Waals surface area (Å²) in [6, 6.07) is 20.4. The second-order valence-corrected chi connectivity index (χ2v) is 7.84. The Labute approximate surface area is 184 Å². The lowest BCUT2D eigenvalue weighted by molar-refractivity contribution is -0.118. The fourth-order valence-corrected chi connectivity index (χ4v) is 3.80. The first-order valence-corrected chi connectivity index (χ1v) is 10.3. The molecule has 3 aromatic carbocycles. The van der Waals surface area contributed by atoms with Gasteiger partial charge in [0.25, 0.3) is 11.8 Å². The zero-order valence-corrected chi connectivity index (χ0v) is 18.5. The average Bonchev–Trinajstić information content (AvgIpc) is 2.72. The van der Waals surface area contributed by atoms with E-state index in [-0.39, 0.29) is 18.4 Å². The summed E-state index contributed by atoms with van der Waals surface area (Å²) in [6.07, 6.45) is 0. The summed E-state index contributed by atoms with van der Waals surface area (Å²) >= 11 is 3.45. The van der Waals surface area contributed by atoms with Crippen molar-refractivity contribution in [3.63, 3.8) is 0 Å². The summed E-state index contributed by atoms with van der Waals surface area (Å²) in [7, 11) is 0. The number of amides is 2. The van der Waals surface area contributed by atoms with Crippen molar-refractivity contribution in [2.45, 2.75) is 20.4 Å². The SMILES string of the molecule is Cc1cc(Br)cc(C)c1OCC(=O)Nc1ccccc1C(=O)NCc1ccccc1. The Morgan fingerprint density at radius 3 is 2.27 bits per heavy atom. The van der Waals surface area contributed by atoms with E-state index in [2.05, 4.69) is 26.6 Å². The number of hydrogen-bond acceptors (Lipinski definition) is 3. The molecule has 154 valence electrons. The smallest absolute Gasteiger partial charge is 0.262 e. The van der Waals surface area contributed by atoms with Gasteiger partial charge >= 0.3 is 0 Å². The Hall–Kier alpha value is -3.12. The van der Waals surface area contributed by atoms with Crippen LogP contribution in [0.1, 0.15) is 27.0 Å². The van der Waals surface area contributed by atoms with Gasteiger partial charge in [0.05, 0.1) is 11.3 Å². The predicted molar refractivity (Wildman–Crippen MR) is 122 cm³/mol. The molecule has 0 aliphatic heterocycles. The van der Waals surface area contributed by atoms with Crippen molar-refractivity contribution in [3.05, 3.63) is 93.5 Å². The Morgan fingerprint density at radius 2 is 1.57 bits per heavy atom. The number of hydrogen-bond donors (Lipinski definition) is 2. The molecular formula is C24H23BrN2O3. The van der Waals surface area contributed by atoms with Crippen molar-refractivity contribution in [1.29, 1.82) is 0 Å². The van der Waals surface area contributed by atoms with Crippen LogP contribution in [0.3, 0.4) is 0 Å². The van der Waals surface area contributed by atoms with Crippen LogP contribution in [-0.4, -0.2) is 18.4 Å². The minimum Gasteiger partial charge on any atom is -0.483 e. The molecular weight excluding hydrogens is 444 g/mol. The van der Waals surface area contributed by atoms with Crippen LogP contribution in [0, 0.1) is 13.8 Å². The first kappa shape index (κ1) is 21.6. The van der Waals surface area contributed by atoms with Crippen LogP contribution in [0.25, 0.3) is 0 Å². The molecule has 0 radical (unpaired) electrons. The van der Waals surface area contributed by atoms with E-state index in [0.29, 0.717) is 23.5 Å². The van der Waals surface area contributed by atoms with Crippen LogP contribution >= 0.6 is 15.9 Å². The first-order valence-electron chi connectivity index (χ1n) is 9.54. The molecule has 5 nitrogen and oxygen atoms in total. The maximum atomic E-state index is 12.6. The van der Waals surface area contributed by atoms with Crippen molar-refractivity contribution in [2.75, 3.05) is 11.9 Å². The topological polar surface area (TPSA) is 67.4 Å². The molecule has 0 aliphatic carbocycles. The fourth-order valence-electron chi connectivity index (χ4n) is 3.11. The zero-order valence-electron chi connectivity index (χ0n) is 16.9. The predicted octanol–water partition coefficient (Wildman–Crippen LogP) is 5.01. The molecule has 2 N–H and O–H groups in total. The van der Waals surface area contributed by atoms with Crippen molar-refractivity contribution in [1.82, 2.24) is 5.32 Å². The molecule has 0 heterocycles. The van der Waals surface area contributed by atoms with Gasteiger partial charge in [-0.25, -0.2) is 0 Å². The molecule has 0 bridgehead atoms. The van der Waals surface area contributed by atoms with E-state index in [9.17, 15) is 9.59 Å². The normalized spacial score (nSPS) is 10.4. The Balaban J connectivity index is 1.63. The third kappa shape index (κ3) is 5.70. The molecule has 0 spiro atoms. The number of carbonyl (C=O) groups is 2. The molecule has 0 atom stereocenters. The lowest BCUT2D eigenvalue weighted by Gasteiger charge is -2.14. The molecule has 0 saturated heterocycles. The van der Waals surface area contributed by atoms with Crippen LogP contribution in [0.4, 0.5) is 5.69 Å². The molecule has 2 amide bonds. The molecule has 0 aliphatic rings. The number of anilines is 1. The molecule has 3 aromatic rings. The second kappa shape index (κ2) is 10.1. The summed E-state index contributed by atoms with van der Waals surface area (Å²) in [4.78, 5) is 25.1. The molecule has 0 aromatic heterocycles. The number of para-hydroxylation sites is 1. The number of benzene rings is 3. The van der Waals surface area contributed by atoms with Gasteiger partial charge in [-0.15, -0.1) is 0 Å². The lowest BCUT2D eigenvalue weighted by Crippen LogP contribution is -2.26. The molecule has 0 fully saturated rings. The minimum absolute atomic E-state index is 0.150. The number of carbonyl (C=O) groups excluding carboxylic acids is 2. The van der Waals surface area contributed by atoms with Gasteiger partial charge in [0.2, 0.25) is 0 Å². The third-order valence-corrected chi connectivity index (χ3v) is 4.97. The highest BCUT2D eigenvalue weighted by Crippen LogP contribution is 2.27. The largest absolute Gasteiger partial charge is 0.483 e. The van der Waals surface area contributed by atoms with Crippen molar-refractivity contribution in [2.24, 2.45) is 0 Å². The van der Waals surface area contributed by atoms with E-state index < -0.39 is 0 Å². The van der Waals surface area contributed by atoms with Gasteiger partial charge in [-0.2, -0.15) is 0 Å². The molecule has 0 saturated carbocycles. The maximum absolute atomic E-state index is 12.6. The van der Waals surface area contributed by atoms with Crippen LogP contribution in [0.15, 0.2) is 71.2 Å². The minimum atomic E-state index is -0.333. The van der Waals surface area contributed by atoms with Crippen LogP contribution in [0.5, 0.6) is 5.75 Å². The Morgan fingerprint density at radius 1 is 0.933 bits per heavy atom. The van der Waals surface area contributed by atoms with Crippen molar-refractivity contribution >= 4 is 33.4 Å². The number of aryl methyl sites for hydroxylation is 2. The van der Waals surface area contributed by atoms with Crippen molar-refractivity contribution in [3.8, 4) is 5.75 Å². The second-order valence-electron chi connectivity index (χ2n) is 6.92. The van der Waals surface area contributed by atoms with Crippen molar-refractivity contribution < 1.29 is 14.3 Å². The summed E-state index contributed by atoms with van der Waals surface area (Å²) in [5.41, 5.74) is 3.73.